The molecule has 0 unspecified atom stereocenters. The van der Waals surface area contributed by atoms with Gasteiger partial charge in [0.25, 0.3) is 5.91 Å². The maximum atomic E-state index is 12.4. The normalized spacial score (nSPS) is 11.1. The molecule has 0 radical (unpaired) electrons. The van der Waals surface area contributed by atoms with E-state index in [1.807, 2.05) is 24.3 Å². The van der Waals surface area contributed by atoms with Gasteiger partial charge in [0.15, 0.2) is 6.10 Å². The highest BCUT2D eigenvalue weighted by molar-refractivity contribution is 5.94. The number of hydrogen-bond donors (Lipinski definition) is 2. The van der Waals surface area contributed by atoms with Crippen LogP contribution in [-0.4, -0.2) is 17.9 Å². The molecule has 2 amide bonds. The smallest absolute Gasteiger partial charge is 0.265 e. The molecule has 2 N–H and O–H groups in total. The lowest BCUT2D eigenvalue weighted by Crippen LogP contribution is -2.30. The molecule has 6 heteroatoms. The minimum absolute atomic E-state index is 0.154. The zero-order chi connectivity index (χ0) is 21.5. The van der Waals surface area contributed by atoms with Gasteiger partial charge in [-0.2, -0.15) is 5.26 Å². The van der Waals surface area contributed by atoms with Crippen molar-refractivity contribution >= 4 is 23.2 Å². The highest BCUT2D eigenvalue weighted by Gasteiger charge is 2.15. The third-order valence-corrected chi connectivity index (χ3v) is 4.36. The van der Waals surface area contributed by atoms with E-state index in [2.05, 4.69) is 16.7 Å². The summed E-state index contributed by atoms with van der Waals surface area (Å²) in [5.41, 5.74) is 3.87. The highest BCUT2D eigenvalue weighted by Crippen LogP contribution is 2.23. The average molecular weight is 399 g/mol. The third kappa shape index (κ3) is 5.46. The second-order valence-corrected chi connectivity index (χ2v) is 6.72. The van der Waals surface area contributed by atoms with Gasteiger partial charge in [0.2, 0.25) is 5.91 Å². The summed E-state index contributed by atoms with van der Waals surface area (Å²) in [7, 11) is 0. The molecule has 3 aromatic carbocycles. The maximum absolute atomic E-state index is 12.4. The molecule has 150 valence electrons. The molecule has 0 bridgehead atoms. The van der Waals surface area contributed by atoms with Crippen molar-refractivity contribution in [2.45, 2.75) is 20.0 Å². The molecule has 1 atom stereocenters. The van der Waals surface area contributed by atoms with Crippen LogP contribution in [0.25, 0.3) is 11.1 Å². The minimum Gasteiger partial charge on any atom is -0.481 e. The second-order valence-electron chi connectivity index (χ2n) is 6.72. The number of rotatable bonds is 6. The van der Waals surface area contributed by atoms with E-state index < -0.39 is 6.10 Å². The van der Waals surface area contributed by atoms with Crippen molar-refractivity contribution in [1.29, 1.82) is 5.26 Å². The van der Waals surface area contributed by atoms with Gasteiger partial charge in [-0.3, -0.25) is 9.59 Å². The van der Waals surface area contributed by atoms with Crippen LogP contribution >= 0.6 is 0 Å². The second kappa shape index (κ2) is 9.39. The van der Waals surface area contributed by atoms with E-state index in [0.29, 0.717) is 22.7 Å². The van der Waals surface area contributed by atoms with Gasteiger partial charge in [0, 0.05) is 18.3 Å². The monoisotopic (exact) mass is 399 g/mol. The van der Waals surface area contributed by atoms with Gasteiger partial charge >= 0.3 is 0 Å². The standard InChI is InChI=1S/C24H21N3O3/c1-16(24(29)27-22-11-9-21(10-12-22)26-17(2)28)30-23-13-7-20(8-14-23)19-5-3-18(15-25)4-6-19/h3-14,16H,1-2H3,(H,26,28)(H,27,29)/t16-/m1/s1. The number of carbonyl (C=O) groups excluding carboxylic acids is 2. The number of nitriles is 1. The van der Waals surface area contributed by atoms with Crippen LogP contribution in [0.1, 0.15) is 19.4 Å². The predicted molar refractivity (Wildman–Crippen MR) is 116 cm³/mol. The summed E-state index contributed by atoms with van der Waals surface area (Å²) >= 11 is 0. The summed E-state index contributed by atoms with van der Waals surface area (Å²) in [5, 5.41) is 14.3. The summed E-state index contributed by atoms with van der Waals surface area (Å²) in [6, 6.07) is 23.7. The number of carbonyl (C=O) groups is 2. The first-order chi connectivity index (χ1) is 14.4. The number of amides is 2. The van der Waals surface area contributed by atoms with E-state index in [4.69, 9.17) is 10.00 Å². The third-order valence-electron chi connectivity index (χ3n) is 4.36. The Morgan fingerprint density at radius 1 is 0.833 bits per heavy atom. The minimum atomic E-state index is -0.694. The van der Waals surface area contributed by atoms with Crippen LogP contribution < -0.4 is 15.4 Å². The van der Waals surface area contributed by atoms with Gasteiger partial charge in [-0.25, -0.2) is 0 Å². The SMILES string of the molecule is CC(=O)Nc1ccc(NC(=O)[C@@H](C)Oc2ccc(-c3ccc(C#N)cc3)cc2)cc1. The first-order valence-electron chi connectivity index (χ1n) is 9.40. The Bertz CT molecular complexity index is 1070. The predicted octanol–water partition coefficient (Wildman–Crippen LogP) is 4.59. The molecule has 0 aromatic heterocycles. The van der Waals surface area contributed by atoms with Gasteiger partial charge in [-0.15, -0.1) is 0 Å². The Labute approximate surface area is 175 Å². The van der Waals surface area contributed by atoms with Crippen LogP contribution in [0.4, 0.5) is 11.4 Å². The number of hydrogen-bond acceptors (Lipinski definition) is 4. The van der Waals surface area contributed by atoms with Gasteiger partial charge in [-0.05, 0) is 66.6 Å². The molecule has 0 spiro atoms. The van der Waals surface area contributed by atoms with Crippen LogP contribution in [-0.2, 0) is 9.59 Å². The number of ether oxygens (including phenoxy) is 1. The molecule has 0 aliphatic heterocycles. The first-order valence-corrected chi connectivity index (χ1v) is 9.40. The molecular formula is C24H21N3O3. The molecular weight excluding hydrogens is 378 g/mol. The van der Waals surface area contributed by atoms with Crippen molar-refractivity contribution in [1.82, 2.24) is 0 Å². The maximum Gasteiger partial charge on any atom is 0.265 e. The summed E-state index contributed by atoms with van der Waals surface area (Å²) in [6.45, 7) is 3.11. The molecule has 0 saturated heterocycles. The van der Waals surface area contributed by atoms with E-state index >= 15 is 0 Å². The number of nitrogens with zero attached hydrogens (tertiary/aromatic N) is 1. The van der Waals surface area contributed by atoms with Crippen LogP contribution in [0.5, 0.6) is 5.75 Å². The lowest BCUT2D eigenvalue weighted by molar-refractivity contribution is -0.122. The first kappa shape index (κ1) is 20.6. The largest absolute Gasteiger partial charge is 0.481 e. The molecule has 0 fully saturated rings. The fraction of sp³-hybridized carbons (Fsp3) is 0.125. The fourth-order valence-electron chi connectivity index (χ4n) is 2.80. The van der Waals surface area contributed by atoms with Crippen molar-refractivity contribution in [2.75, 3.05) is 10.6 Å². The number of nitrogens with one attached hydrogen (secondary N) is 2. The summed E-state index contributed by atoms with van der Waals surface area (Å²) in [4.78, 5) is 23.5. The molecule has 0 aliphatic carbocycles. The topological polar surface area (TPSA) is 91.2 Å². The quantitative estimate of drug-likeness (QED) is 0.634. The van der Waals surface area contributed by atoms with E-state index in [0.717, 1.165) is 11.1 Å². The zero-order valence-electron chi connectivity index (χ0n) is 16.7. The van der Waals surface area contributed by atoms with Crippen molar-refractivity contribution in [3.05, 3.63) is 78.4 Å². The molecule has 30 heavy (non-hydrogen) atoms. The summed E-state index contributed by atoms with van der Waals surface area (Å²) < 4.78 is 5.74. The van der Waals surface area contributed by atoms with Crippen LogP contribution in [0.2, 0.25) is 0 Å². The lowest BCUT2D eigenvalue weighted by Gasteiger charge is -2.15. The molecule has 3 rings (SSSR count). The molecule has 0 saturated carbocycles. The number of benzene rings is 3. The zero-order valence-corrected chi connectivity index (χ0v) is 16.7. The molecule has 0 aliphatic rings. The van der Waals surface area contributed by atoms with Crippen molar-refractivity contribution in [3.63, 3.8) is 0 Å². The molecule has 0 heterocycles. The van der Waals surface area contributed by atoms with Gasteiger partial charge < -0.3 is 15.4 Å². The van der Waals surface area contributed by atoms with E-state index in [9.17, 15) is 9.59 Å². The van der Waals surface area contributed by atoms with Gasteiger partial charge in [0.05, 0.1) is 11.6 Å². The van der Waals surface area contributed by atoms with Crippen molar-refractivity contribution < 1.29 is 14.3 Å². The Balaban J connectivity index is 1.58. The summed E-state index contributed by atoms with van der Waals surface area (Å²) in [6.07, 6.45) is -0.694. The fourth-order valence-corrected chi connectivity index (χ4v) is 2.80. The van der Waals surface area contributed by atoms with Gasteiger partial charge in [-0.1, -0.05) is 24.3 Å². The van der Waals surface area contributed by atoms with E-state index in [-0.39, 0.29) is 11.8 Å². The Morgan fingerprint density at radius 2 is 1.33 bits per heavy atom. The molecule has 3 aromatic rings. The van der Waals surface area contributed by atoms with Crippen LogP contribution in [0, 0.1) is 11.3 Å². The van der Waals surface area contributed by atoms with Gasteiger partial charge in [0.1, 0.15) is 5.75 Å². The summed E-state index contributed by atoms with van der Waals surface area (Å²) in [5.74, 6) is 0.147. The van der Waals surface area contributed by atoms with E-state index in [1.54, 1.807) is 55.5 Å². The van der Waals surface area contributed by atoms with Crippen molar-refractivity contribution in [2.24, 2.45) is 0 Å². The Kier molecular flexibility index (Phi) is 6.46. The van der Waals surface area contributed by atoms with Crippen LogP contribution in [0.15, 0.2) is 72.8 Å². The lowest BCUT2D eigenvalue weighted by atomic mass is 10.0. The Hall–Kier alpha value is -4.11. The van der Waals surface area contributed by atoms with E-state index in [1.165, 1.54) is 6.92 Å². The van der Waals surface area contributed by atoms with Crippen molar-refractivity contribution in [3.8, 4) is 22.9 Å². The molecule has 6 nitrogen and oxygen atoms in total. The Morgan fingerprint density at radius 3 is 1.83 bits per heavy atom. The average Bonchev–Trinajstić information content (AvgIpc) is 2.75. The highest BCUT2D eigenvalue weighted by atomic mass is 16.5. The number of anilines is 2. The van der Waals surface area contributed by atoms with Crippen LogP contribution in [0.3, 0.4) is 0 Å².